The van der Waals surface area contributed by atoms with Crippen molar-refractivity contribution in [3.63, 3.8) is 0 Å². The maximum absolute atomic E-state index is 12.5. The monoisotopic (exact) mass is 412 g/mol. The zero-order chi connectivity index (χ0) is 21.2. The molecule has 0 unspecified atom stereocenters. The van der Waals surface area contributed by atoms with Gasteiger partial charge in [-0.15, -0.1) is 0 Å². The van der Waals surface area contributed by atoms with E-state index in [0.29, 0.717) is 17.8 Å². The van der Waals surface area contributed by atoms with Gasteiger partial charge in [0, 0.05) is 37.9 Å². The van der Waals surface area contributed by atoms with Crippen molar-refractivity contribution in [2.24, 2.45) is 0 Å². The molecule has 2 aliphatic rings. The zero-order valence-corrected chi connectivity index (χ0v) is 17.5. The zero-order valence-electron chi connectivity index (χ0n) is 17.5. The van der Waals surface area contributed by atoms with Crippen LogP contribution in [0.3, 0.4) is 0 Å². The van der Waals surface area contributed by atoms with Crippen molar-refractivity contribution < 1.29 is 4.74 Å². The van der Waals surface area contributed by atoms with Crippen LogP contribution >= 0.6 is 0 Å². The van der Waals surface area contributed by atoms with E-state index < -0.39 is 0 Å². The van der Waals surface area contributed by atoms with Crippen LogP contribution in [0.5, 0.6) is 5.75 Å². The normalized spacial score (nSPS) is 16.1. The number of aryl methyl sites for hydroxylation is 2. The Balaban J connectivity index is 1.19. The van der Waals surface area contributed by atoms with Crippen molar-refractivity contribution in [3.8, 4) is 5.75 Å². The van der Waals surface area contributed by atoms with Crippen LogP contribution < -0.4 is 15.8 Å². The van der Waals surface area contributed by atoms with Crippen LogP contribution in [0.2, 0.25) is 0 Å². The third-order valence-electron chi connectivity index (χ3n) is 6.07. The summed E-state index contributed by atoms with van der Waals surface area (Å²) in [5.41, 5.74) is 5.34. The molecule has 0 atom stereocenters. The lowest BCUT2D eigenvalue weighted by molar-refractivity contribution is 0.243. The van der Waals surface area contributed by atoms with Crippen molar-refractivity contribution in [1.29, 1.82) is 0 Å². The number of benzene rings is 1. The van der Waals surface area contributed by atoms with Gasteiger partial charge in [-0.05, 0) is 48.4 Å². The largest absolute Gasteiger partial charge is 0.485 e. The number of fused-ring (bicyclic) bond motifs is 1. The average Bonchev–Trinajstić information content (AvgIpc) is 3.63. The molecule has 6 nitrogen and oxygen atoms in total. The first kappa shape index (κ1) is 20.0. The van der Waals surface area contributed by atoms with Crippen LogP contribution in [-0.4, -0.2) is 40.1 Å². The summed E-state index contributed by atoms with van der Waals surface area (Å²) in [6.45, 7) is 3.04. The molecule has 3 heterocycles. The van der Waals surface area contributed by atoms with Gasteiger partial charge in [0.1, 0.15) is 20.2 Å². The van der Waals surface area contributed by atoms with Crippen molar-refractivity contribution in [2.45, 2.75) is 51.4 Å². The van der Waals surface area contributed by atoms with Crippen LogP contribution in [0.1, 0.15) is 35.2 Å². The first-order chi connectivity index (χ1) is 15.1. The summed E-state index contributed by atoms with van der Waals surface area (Å²) >= 11 is 0. The Hall–Kier alpha value is -2.93. The van der Waals surface area contributed by atoms with Gasteiger partial charge in [0.05, 0.1) is 11.9 Å². The van der Waals surface area contributed by atoms with Gasteiger partial charge in [0.15, 0.2) is 0 Å². The molecule has 0 saturated heterocycles. The van der Waals surface area contributed by atoms with E-state index in [1.807, 2.05) is 0 Å². The maximum Gasteiger partial charge on any atom is 0.270 e. The Kier molecular flexibility index (Phi) is 5.60. The summed E-state index contributed by atoms with van der Waals surface area (Å²) in [6, 6.07) is 12.6. The first-order valence-electron chi connectivity index (χ1n) is 10.9. The summed E-state index contributed by atoms with van der Waals surface area (Å²) in [5, 5.41) is 4.28. The Morgan fingerprint density at radius 1 is 1.10 bits per heavy atom. The van der Waals surface area contributed by atoms with Crippen LogP contribution in [-0.2, 0) is 32.5 Å². The van der Waals surface area contributed by atoms with Gasteiger partial charge in [-0.2, -0.15) is 5.10 Å². The fraction of sp³-hybridized carbons (Fsp3) is 0.375. The van der Waals surface area contributed by atoms with Crippen LogP contribution in [0.25, 0.3) is 0 Å². The smallest absolute Gasteiger partial charge is 0.270 e. The second kappa shape index (κ2) is 8.67. The molecule has 5 rings (SSSR count). The maximum atomic E-state index is 12.5. The summed E-state index contributed by atoms with van der Waals surface area (Å²) in [7, 11) is 5.64. The lowest BCUT2D eigenvalue weighted by Crippen LogP contribution is -2.32. The van der Waals surface area contributed by atoms with Crippen LogP contribution in [0.4, 0.5) is 0 Å². The van der Waals surface area contributed by atoms with E-state index in [-0.39, 0.29) is 12.2 Å². The van der Waals surface area contributed by atoms with E-state index in [0.717, 1.165) is 31.1 Å². The van der Waals surface area contributed by atoms with Gasteiger partial charge in [0.25, 0.3) is 5.56 Å². The number of nitrogens with zero attached hydrogens (tertiary/aromatic N) is 4. The molecule has 0 N–H and O–H groups in total. The number of hydrogen-bond acceptors (Lipinski definition) is 5. The predicted molar refractivity (Wildman–Crippen MR) is 120 cm³/mol. The van der Waals surface area contributed by atoms with E-state index in [1.54, 1.807) is 24.5 Å². The highest BCUT2D eigenvalue weighted by molar-refractivity contribution is 6.32. The van der Waals surface area contributed by atoms with Crippen molar-refractivity contribution in [1.82, 2.24) is 19.7 Å². The van der Waals surface area contributed by atoms with Crippen molar-refractivity contribution in [2.75, 3.05) is 6.54 Å². The van der Waals surface area contributed by atoms with Crippen LogP contribution in [0.15, 0.2) is 53.6 Å². The standard InChI is InChI=1S/C24H25BN4O2/c25-20-3-4-21(26-13-20)16-31-23-12-24(30)29(27-14-23)10-7-17-1-2-18-8-9-28(22-5-6-22)15-19(18)11-17/h1-4,11-14,22H,5-10,15-16H2. The van der Waals surface area contributed by atoms with E-state index in [2.05, 4.69) is 33.2 Å². The Labute approximate surface area is 183 Å². The SMILES string of the molecule is [B]c1ccc(COc2cnn(CCc3ccc4c(c3)CN(C3CC3)CC4)c(=O)c2)nc1. The molecule has 0 bridgehead atoms. The molecule has 2 radical (unpaired) electrons. The molecule has 1 saturated carbocycles. The number of hydrogen-bond donors (Lipinski definition) is 0. The van der Waals surface area contributed by atoms with Gasteiger partial charge >= 0.3 is 0 Å². The first-order valence-corrected chi connectivity index (χ1v) is 10.9. The molecule has 1 aromatic carbocycles. The molecule has 3 aromatic rings. The van der Waals surface area contributed by atoms with Crippen LogP contribution in [0, 0.1) is 0 Å². The number of aromatic nitrogens is 3. The molecule has 156 valence electrons. The highest BCUT2D eigenvalue weighted by Gasteiger charge is 2.31. The van der Waals surface area contributed by atoms with E-state index in [1.165, 1.54) is 46.8 Å². The molecule has 7 heteroatoms. The third kappa shape index (κ3) is 4.88. The van der Waals surface area contributed by atoms with E-state index >= 15 is 0 Å². The minimum atomic E-state index is -0.166. The third-order valence-corrected chi connectivity index (χ3v) is 6.07. The molecule has 1 fully saturated rings. The molecule has 1 aliphatic heterocycles. The fourth-order valence-electron chi connectivity index (χ4n) is 4.12. The second-order valence-electron chi connectivity index (χ2n) is 8.43. The lowest BCUT2D eigenvalue weighted by atomic mass is 9.96. The molecule has 0 spiro atoms. The predicted octanol–water partition coefficient (Wildman–Crippen LogP) is 1.77. The topological polar surface area (TPSA) is 60.2 Å². The number of pyridine rings is 1. The fourth-order valence-corrected chi connectivity index (χ4v) is 4.12. The molecular formula is C24H25BN4O2. The number of ether oxygens (including phenoxy) is 1. The molecule has 2 aromatic heterocycles. The highest BCUT2D eigenvalue weighted by Crippen LogP contribution is 2.31. The Bertz CT molecular complexity index is 1130. The quantitative estimate of drug-likeness (QED) is 0.554. The summed E-state index contributed by atoms with van der Waals surface area (Å²) in [5.74, 6) is 0.439. The average molecular weight is 412 g/mol. The van der Waals surface area contributed by atoms with Crippen molar-refractivity contribution >= 4 is 13.3 Å². The summed E-state index contributed by atoms with van der Waals surface area (Å²) in [4.78, 5) is 19.3. The minimum absolute atomic E-state index is 0.166. The van der Waals surface area contributed by atoms with Gasteiger partial charge in [-0.25, -0.2) is 4.68 Å². The lowest BCUT2D eigenvalue weighted by Gasteiger charge is -2.29. The van der Waals surface area contributed by atoms with Gasteiger partial charge in [-0.1, -0.05) is 29.7 Å². The Morgan fingerprint density at radius 2 is 2.00 bits per heavy atom. The molecule has 31 heavy (non-hydrogen) atoms. The van der Waals surface area contributed by atoms with E-state index in [4.69, 9.17) is 12.6 Å². The summed E-state index contributed by atoms with van der Waals surface area (Å²) < 4.78 is 7.13. The summed E-state index contributed by atoms with van der Waals surface area (Å²) in [6.07, 6.45) is 7.78. The van der Waals surface area contributed by atoms with Crippen molar-refractivity contribution in [3.05, 3.63) is 81.5 Å². The van der Waals surface area contributed by atoms with Gasteiger partial charge < -0.3 is 4.74 Å². The Morgan fingerprint density at radius 3 is 2.77 bits per heavy atom. The van der Waals surface area contributed by atoms with Gasteiger partial charge in [0.2, 0.25) is 0 Å². The molecule has 0 amide bonds. The second-order valence-corrected chi connectivity index (χ2v) is 8.43. The molecular weight excluding hydrogens is 387 g/mol. The minimum Gasteiger partial charge on any atom is -0.485 e. The molecule has 1 aliphatic carbocycles. The highest BCUT2D eigenvalue weighted by atomic mass is 16.5. The van der Waals surface area contributed by atoms with E-state index in [9.17, 15) is 4.79 Å². The number of rotatable bonds is 7. The van der Waals surface area contributed by atoms with Gasteiger partial charge in [-0.3, -0.25) is 14.7 Å².